The molecule has 1 N–H and O–H groups in total. The average molecular weight is 439 g/mol. The zero-order valence-electron chi connectivity index (χ0n) is 15.9. The summed E-state index contributed by atoms with van der Waals surface area (Å²) in [7, 11) is 1.53. The molecule has 0 atom stereocenters. The van der Waals surface area contributed by atoms with Gasteiger partial charge < -0.3 is 14.5 Å². The third kappa shape index (κ3) is 4.17. The van der Waals surface area contributed by atoms with Gasteiger partial charge in [-0.1, -0.05) is 35.3 Å². The summed E-state index contributed by atoms with van der Waals surface area (Å²) in [6.45, 7) is 0. The minimum atomic E-state index is -0.336. The molecule has 5 nitrogen and oxygen atoms in total. The summed E-state index contributed by atoms with van der Waals surface area (Å²) in [5.41, 5.74) is 2.28. The highest BCUT2D eigenvalue weighted by atomic mass is 35.5. The average Bonchev–Trinajstić information content (AvgIpc) is 3.24. The zero-order chi connectivity index (χ0) is 21.1. The van der Waals surface area contributed by atoms with Crippen molar-refractivity contribution in [2.45, 2.75) is 0 Å². The van der Waals surface area contributed by atoms with Crippen molar-refractivity contribution < 1.29 is 13.9 Å². The lowest BCUT2D eigenvalue weighted by molar-refractivity contribution is 0.102. The molecule has 3 aromatic carbocycles. The molecule has 0 radical (unpaired) electrons. The topological polar surface area (TPSA) is 64.4 Å². The van der Waals surface area contributed by atoms with Gasteiger partial charge in [-0.15, -0.1) is 0 Å². The normalized spacial score (nSPS) is 10.6. The number of halogens is 2. The predicted molar refractivity (Wildman–Crippen MR) is 118 cm³/mol. The molecule has 4 aromatic rings. The number of nitrogens with one attached hydrogen (secondary N) is 1. The van der Waals surface area contributed by atoms with Gasteiger partial charge in [0.25, 0.3) is 5.91 Å². The number of carbonyl (C=O) groups is 1. The summed E-state index contributed by atoms with van der Waals surface area (Å²) in [6.07, 6.45) is 1.62. The lowest BCUT2D eigenvalue weighted by atomic mass is 10.1. The van der Waals surface area contributed by atoms with Crippen molar-refractivity contribution in [1.29, 1.82) is 0 Å². The fourth-order valence-electron chi connectivity index (χ4n) is 2.98. The van der Waals surface area contributed by atoms with Gasteiger partial charge >= 0.3 is 0 Å². The molecule has 0 fully saturated rings. The van der Waals surface area contributed by atoms with Crippen LogP contribution in [0, 0.1) is 0 Å². The van der Waals surface area contributed by atoms with Gasteiger partial charge in [-0.3, -0.25) is 4.79 Å². The molecule has 0 spiro atoms. The van der Waals surface area contributed by atoms with Crippen LogP contribution in [0.25, 0.3) is 22.8 Å². The summed E-state index contributed by atoms with van der Waals surface area (Å²) in [6, 6.07) is 19.3. The van der Waals surface area contributed by atoms with Gasteiger partial charge in [0.2, 0.25) is 5.89 Å². The minimum absolute atomic E-state index is 0.336. The Bertz CT molecular complexity index is 1200. The summed E-state index contributed by atoms with van der Waals surface area (Å²) < 4.78 is 11.2. The van der Waals surface area contributed by atoms with E-state index in [0.717, 1.165) is 5.56 Å². The first-order valence-electron chi connectivity index (χ1n) is 9.01. The zero-order valence-corrected chi connectivity index (χ0v) is 17.4. The molecule has 30 heavy (non-hydrogen) atoms. The first kappa shape index (κ1) is 20.0. The van der Waals surface area contributed by atoms with E-state index < -0.39 is 0 Å². The maximum Gasteiger partial charge on any atom is 0.256 e. The van der Waals surface area contributed by atoms with E-state index in [9.17, 15) is 4.79 Å². The number of carbonyl (C=O) groups excluding carboxylic acids is 1. The molecule has 1 amide bonds. The van der Waals surface area contributed by atoms with Gasteiger partial charge in [0.1, 0.15) is 5.75 Å². The lowest BCUT2D eigenvalue weighted by Crippen LogP contribution is -2.14. The number of benzene rings is 3. The number of rotatable bonds is 5. The van der Waals surface area contributed by atoms with Crippen LogP contribution in [0.5, 0.6) is 5.75 Å². The summed E-state index contributed by atoms with van der Waals surface area (Å²) in [5.74, 6) is 1.08. The lowest BCUT2D eigenvalue weighted by Gasteiger charge is -2.12. The number of hydrogen-bond donors (Lipinski definition) is 1. The Labute approximate surface area is 183 Å². The molecule has 7 heteroatoms. The Hall–Kier alpha value is -3.28. The summed E-state index contributed by atoms with van der Waals surface area (Å²) >= 11 is 12.0. The summed E-state index contributed by atoms with van der Waals surface area (Å²) in [5, 5.41) is 3.96. The monoisotopic (exact) mass is 438 g/mol. The third-order valence-corrected chi connectivity index (χ3v) is 4.93. The number of oxazole rings is 1. The van der Waals surface area contributed by atoms with Gasteiger partial charge in [-0.25, -0.2) is 4.98 Å². The molecular weight excluding hydrogens is 423 g/mol. The second kappa shape index (κ2) is 8.61. The number of hydrogen-bond acceptors (Lipinski definition) is 4. The molecule has 0 aliphatic carbocycles. The standard InChI is InChI=1S/C23H16Cl2N2O3/c1-29-20-11-10-16(25)12-19(20)27-22(28)17-4-2-3-5-18(17)23-26-13-21(30-23)14-6-8-15(24)9-7-14/h2-13H,1H3,(H,27,28). The molecule has 0 saturated heterocycles. The van der Waals surface area contributed by atoms with Crippen LogP contribution in [0.4, 0.5) is 5.69 Å². The van der Waals surface area contributed by atoms with Crippen LogP contribution in [0.2, 0.25) is 10.0 Å². The van der Waals surface area contributed by atoms with Crippen LogP contribution in [-0.2, 0) is 0 Å². The molecule has 150 valence electrons. The van der Waals surface area contributed by atoms with Crippen molar-refractivity contribution in [3.05, 3.63) is 88.5 Å². The number of nitrogens with zero attached hydrogens (tertiary/aromatic N) is 1. The molecule has 1 heterocycles. The fraction of sp³-hybridized carbons (Fsp3) is 0.0435. The maximum absolute atomic E-state index is 13.0. The highest BCUT2D eigenvalue weighted by Crippen LogP contribution is 2.31. The Kier molecular flexibility index (Phi) is 5.74. The number of amides is 1. The van der Waals surface area contributed by atoms with Gasteiger partial charge in [0, 0.05) is 21.2 Å². The van der Waals surface area contributed by atoms with E-state index in [1.165, 1.54) is 7.11 Å². The van der Waals surface area contributed by atoms with Crippen LogP contribution in [0.1, 0.15) is 10.4 Å². The van der Waals surface area contributed by atoms with Crippen LogP contribution in [-0.4, -0.2) is 18.0 Å². The largest absolute Gasteiger partial charge is 0.495 e. The van der Waals surface area contributed by atoms with Gasteiger partial charge in [-0.05, 0) is 54.6 Å². The highest BCUT2D eigenvalue weighted by molar-refractivity contribution is 6.31. The number of anilines is 1. The predicted octanol–water partition coefficient (Wildman–Crippen LogP) is 6.58. The van der Waals surface area contributed by atoms with E-state index in [-0.39, 0.29) is 5.91 Å². The van der Waals surface area contributed by atoms with Gasteiger partial charge in [-0.2, -0.15) is 0 Å². The molecule has 0 aliphatic heterocycles. The Morgan fingerprint density at radius 3 is 2.50 bits per heavy atom. The number of methoxy groups -OCH3 is 1. The van der Waals surface area contributed by atoms with Crippen molar-refractivity contribution in [3.8, 4) is 28.5 Å². The van der Waals surface area contributed by atoms with Crippen molar-refractivity contribution in [2.24, 2.45) is 0 Å². The first-order valence-corrected chi connectivity index (χ1v) is 9.77. The van der Waals surface area contributed by atoms with E-state index >= 15 is 0 Å². The fourth-order valence-corrected chi connectivity index (χ4v) is 3.28. The van der Waals surface area contributed by atoms with E-state index in [1.54, 1.807) is 54.7 Å². The van der Waals surface area contributed by atoms with Gasteiger partial charge in [0.15, 0.2) is 5.76 Å². The maximum atomic E-state index is 13.0. The SMILES string of the molecule is COc1ccc(Cl)cc1NC(=O)c1ccccc1-c1ncc(-c2ccc(Cl)cc2)o1. The Morgan fingerprint density at radius 1 is 1.00 bits per heavy atom. The molecule has 0 saturated carbocycles. The molecule has 0 unspecified atom stereocenters. The van der Waals surface area contributed by atoms with Crippen LogP contribution in [0.3, 0.4) is 0 Å². The number of aromatic nitrogens is 1. The highest BCUT2D eigenvalue weighted by Gasteiger charge is 2.18. The smallest absolute Gasteiger partial charge is 0.256 e. The summed E-state index contributed by atoms with van der Waals surface area (Å²) in [4.78, 5) is 17.4. The third-order valence-electron chi connectivity index (χ3n) is 4.45. The van der Waals surface area contributed by atoms with Crippen LogP contribution in [0.15, 0.2) is 77.3 Å². The van der Waals surface area contributed by atoms with E-state index in [4.69, 9.17) is 32.4 Å². The molecule has 0 aliphatic rings. The second-order valence-electron chi connectivity index (χ2n) is 6.38. The quantitative estimate of drug-likeness (QED) is 0.382. The van der Waals surface area contributed by atoms with Crippen molar-refractivity contribution in [1.82, 2.24) is 4.98 Å². The van der Waals surface area contributed by atoms with E-state index in [0.29, 0.717) is 44.3 Å². The molecule has 1 aromatic heterocycles. The van der Waals surface area contributed by atoms with E-state index in [1.807, 2.05) is 18.2 Å². The van der Waals surface area contributed by atoms with Crippen molar-refractivity contribution in [2.75, 3.05) is 12.4 Å². The second-order valence-corrected chi connectivity index (χ2v) is 7.25. The molecule has 0 bridgehead atoms. The Morgan fingerprint density at radius 2 is 1.73 bits per heavy atom. The minimum Gasteiger partial charge on any atom is -0.495 e. The van der Waals surface area contributed by atoms with Crippen molar-refractivity contribution in [3.63, 3.8) is 0 Å². The van der Waals surface area contributed by atoms with Crippen molar-refractivity contribution >= 4 is 34.8 Å². The molecular formula is C23H16Cl2N2O3. The van der Waals surface area contributed by atoms with E-state index in [2.05, 4.69) is 10.3 Å². The Balaban J connectivity index is 1.66. The van der Waals surface area contributed by atoms with Crippen LogP contribution >= 0.6 is 23.2 Å². The molecule has 4 rings (SSSR count). The first-order chi connectivity index (χ1) is 14.5. The number of ether oxygens (including phenoxy) is 1. The van der Waals surface area contributed by atoms with Gasteiger partial charge in [0.05, 0.1) is 24.6 Å². The van der Waals surface area contributed by atoms with Crippen LogP contribution < -0.4 is 10.1 Å².